The molecule has 1 unspecified atom stereocenters. The number of carbonyl (C=O) groups is 1. The van der Waals surface area contributed by atoms with E-state index in [-0.39, 0.29) is 20.3 Å². The number of aliphatic carboxylic acids is 1. The fourth-order valence-corrected chi connectivity index (χ4v) is 2.39. The van der Waals surface area contributed by atoms with Gasteiger partial charge in [0, 0.05) is 12.1 Å². The molecule has 1 aromatic carbocycles. The van der Waals surface area contributed by atoms with Gasteiger partial charge in [-0.2, -0.15) is 13.5 Å². The Balaban J connectivity index is 0.00000242. The lowest BCUT2D eigenvalue weighted by molar-refractivity contribution is -0.138. The summed E-state index contributed by atoms with van der Waals surface area (Å²) in [5, 5.41) is 8.75. The minimum atomic E-state index is -0.931. The van der Waals surface area contributed by atoms with Crippen molar-refractivity contribution < 1.29 is 19.4 Å². The molecule has 0 bridgehead atoms. The zero-order valence-electron chi connectivity index (χ0n) is 13.0. The van der Waals surface area contributed by atoms with E-state index in [1.165, 1.54) is 0 Å². The number of unbranched alkanes of at least 4 members (excludes halogenated alkanes) is 1. The van der Waals surface area contributed by atoms with Gasteiger partial charge < -0.3 is 20.3 Å². The van der Waals surface area contributed by atoms with Crippen LogP contribution < -0.4 is 19.7 Å². The van der Waals surface area contributed by atoms with Crippen LogP contribution in [0.1, 0.15) is 19.3 Å². The third kappa shape index (κ3) is 4.53. The zero-order chi connectivity index (χ0) is 15.5. The normalized spacial score (nSPS) is 14.3. The molecule has 1 heterocycles. The van der Waals surface area contributed by atoms with Gasteiger partial charge in [0.2, 0.25) is 6.79 Å². The van der Waals surface area contributed by atoms with Crippen molar-refractivity contribution in [2.24, 2.45) is 5.73 Å². The second-order valence-corrected chi connectivity index (χ2v) is 5.89. The number of hydrogen-bond donors (Lipinski definition) is 2. The van der Waals surface area contributed by atoms with E-state index >= 15 is 0 Å². The number of rotatable bonds is 7. The average molecular weight is 329 g/mol. The van der Waals surface area contributed by atoms with Gasteiger partial charge in [-0.05, 0) is 25.3 Å². The molecule has 0 spiro atoms. The molecule has 0 saturated carbocycles. The van der Waals surface area contributed by atoms with Crippen molar-refractivity contribution in [2.45, 2.75) is 25.3 Å². The molecule has 6 nitrogen and oxygen atoms in total. The smallest absolute Gasteiger partial charge is 0.320 e. The van der Waals surface area contributed by atoms with E-state index in [1.54, 1.807) is 0 Å². The second-order valence-electron chi connectivity index (χ2n) is 5.89. The number of carboxylic acids is 1. The third-order valence-electron chi connectivity index (χ3n) is 3.85. The first-order valence-corrected chi connectivity index (χ1v) is 7.12. The third-order valence-corrected chi connectivity index (χ3v) is 3.85. The minimum Gasteiger partial charge on any atom is -0.480 e. The lowest BCUT2D eigenvalue weighted by atomic mass is 10.1. The Morgan fingerprint density at radius 1 is 1.32 bits per heavy atom. The number of hydrogen-bond acceptors (Lipinski definition) is 4. The molecule has 0 radical (unpaired) electrons. The summed E-state index contributed by atoms with van der Waals surface area (Å²) in [6, 6.07) is 5.21. The first kappa shape index (κ1) is 18.6. The molecule has 0 fully saturated rings. The number of carboxylic acid groups (broad SMARTS) is 1. The van der Waals surface area contributed by atoms with Crippen LogP contribution in [0.3, 0.4) is 0 Å². The summed E-state index contributed by atoms with van der Waals surface area (Å²) in [6.45, 7) is 1.19. The van der Waals surface area contributed by atoms with Gasteiger partial charge in [-0.1, -0.05) is 0 Å². The fourth-order valence-electron chi connectivity index (χ4n) is 2.39. The quantitative estimate of drug-likeness (QED) is 0.587. The van der Waals surface area contributed by atoms with Crippen LogP contribution in [0.4, 0.5) is 5.69 Å². The van der Waals surface area contributed by atoms with Gasteiger partial charge in [0.15, 0.2) is 11.5 Å². The molecule has 1 aliphatic heterocycles. The summed E-state index contributed by atoms with van der Waals surface area (Å²) < 4.78 is 11.4. The first-order valence-electron chi connectivity index (χ1n) is 7.12. The molecule has 22 heavy (non-hydrogen) atoms. The highest BCUT2D eigenvalue weighted by Crippen LogP contribution is 2.36. The van der Waals surface area contributed by atoms with Crippen LogP contribution >= 0.6 is 13.5 Å². The summed E-state index contributed by atoms with van der Waals surface area (Å²) in [4.78, 5) is 10.7. The standard InChI is InChI=1S/C15H22N2O4.H2S/c1-17(2,8-4-3-5-12(16)15(18)19)11-6-7-13-14(9-11)21-10-20-13;/h6-7,9,12H,3-5,8,10,16H2,1-2H3;1H2/p+1. The predicted octanol–water partition coefficient (Wildman–Crippen LogP) is 1.68. The van der Waals surface area contributed by atoms with Gasteiger partial charge in [-0.3, -0.25) is 9.28 Å². The van der Waals surface area contributed by atoms with Crippen molar-refractivity contribution >= 4 is 25.2 Å². The van der Waals surface area contributed by atoms with E-state index in [9.17, 15) is 4.79 Å². The Hall–Kier alpha value is -1.44. The second kappa shape index (κ2) is 7.71. The number of nitrogens with zero attached hydrogens (tertiary/aromatic N) is 1. The summed E-state index contributed by atoms with van der Waals surface area (Å²) >= 11 is 0. The molecule has 0 saturated heterocycles. The Bertz CT molecular complexity index is 522. The molecule has 124 valence electrons. The van der Waals surface area contributed by atoms with Crippen LogP contribution in [-0.4, -0.2) is 44.6 Å². The van der Waals surface area contributed by atoms with Crippen molar-refractivity contribution in [2.75, 3.05) is 27.4 Å². The van der Waals surface area contributed by atoms with Crippen molar-refractivity contribution in [3.8, 4) is 11.5 Å². The van der Waals surface area contributed by atoms with E-state index in [4.69, 9.17) is 20.3 Å². The number of ether oxygens (including phenoxy) is 2. The maximum atomic E-state index is 10.7. The largest absolute Gasteiger partial charge is 0.480 e. The molecule has 1 aromatic rings. The first-order chi connectivity index (χ1) is 9.90. The van der Waals surface area contributed by atoms with Crippen molar-refractivity contribution in [1.82, 2.24) is 4.48 Å². The lowest BCUT2D eigenvalue weighted by Crippen LogP contribution is -2.41. The summed E-state index contributed by atoms with van der Waals surface area (Å²) in [6.07, 6.45) is 2.23. The van der Waals surface area contributed by atoms with Crippen LogP contribution in [0.15, 0.2) is 18.2 Å². The summed E-state index contributed by atoms with van der Waals surface area (Å²) in [7, 11) is 4.24. The van der Waals surface area contributed by atoms with Crippen LogP contribution in [0.25, 0.3) is 0 Å². The van der Waals surface area contributed by atoms with E-state index in [0.29, 0.717) is 10.9 Å². The molecule has 0 aliphatic carbocycles. The number of fused-ring (bicyclic) bond motifs is 1. The van der Waals surface area contributed by atoms with Gasteiger partial charge in [-0.15, -0.1) is 0 Å². The highest BCUT2D eigenvalue weighted by molar-refractivity contribution is 7.59. The van der Waals surface area contributed by atoms with E-state index < -0.39 is 12.0 Å². The topological polar surface area (TPSA) is 81.8 Å². The lowest BCUT2D eigenvalue weighted by Gasteiger charge is -2.29. The monoisotopic (exact) mass is 329 g/mol. The van der Waals surface area contributed by atoms with Crippen molar-refractivity contribution in [3.05, 3.63) is 18.2 Å². The molecule has 0 aromatic heterocycles. The van der Waals surface area contributed by atoms with E-state index in [0.717, 1.165) is 36.6 Å². The van der Waals surface area contributed by atoms with Gasteiger partial charge in [0.05, 0.1) is 20.6 Å². The van der Waals surface area contributed by atoms with Crippen molar-refractivity contribution in [1.29, 1.82) is 0 Å². The Morgan fingerprint density at radius 3 is 2.68 bits per heavy atom. The van der Waals surface area contributed by atoms with E-state index in [2.05, 4.69) is 14.1 Å². The molecule has 1 atom stereocenters. The van der Waals surface area contributed by atoms with Crippen LogP contribution in [-0.2, 0) is 4.79 Å². The van der Waals surface area contributed by atoms with Crippen molar-refractivity contribution in [3.63, 3.8) is 0 Å². The van der Waals surface area contributed by atoms with Gasteiger partial charge in [0.1, 0.15) is 11.7 Å². The molecular weight excluding hydrogens is 304 g/mol. The highest BCUT2D eigenvalue weighted by atomic mass is 32.1. The predicted molar refractivity (Wildman–Crippen MR) is 90.9 cm³/mol. The molecule has 0 amide bonds. The Labute approximate surface area is 137 Å². The summed E-state index contributed by atoms with van der Waals surface area (Å²) in [5.41, 5.74) is 6.64. The number of nitrogens with two attached hydrogens (primary N) is 1. The number of quaternary nitrogens is 1. The molecule has 3 N–H and O–H groups in total. The summed E-state index contributed by atoms with van der Waals surface area (Å²) in [5.74, 6) is 0.636. The molecular formula is C15H25N2O4S+. The maximum absolute atomic E-state index is 10.7. The molecule has 7 heteroatoms. The van der Waals surface area contributed by atoms with Crippen LogP contribution in [0.5, 0.6) is 11.5 Å². The molecule has 2 rings (SSSR count). The highest BCUT2D eigenvalue weighted by Gasteiger charge is 2.23. The van der Waals surface area contributed by atoms with Crippen LogP contribution in [0.2, 0.25) is 0 Å². The Kier molecular flexibility index (Phi) is 6.52. The maximum Gasteiger partial charge on any atom is 0.320 e. The molecule has 1 aliphatic rings. The SMILES string of the molecule is C[N+](C)(CCCCC(N)C(=O)O)c1ccc2c(c1)OCO2.S. The zero-order valence-corrected chi connectivity index (χ0v) is 14.0. The van der Waals surface area contributed by atoms with Crippen LogP contribution in [0, 0.1) is 0 Å². The van der Waals surface area contributed by atoms with Gasteiger partial charge in [0.25, 0.3) is 0 Å². The minimum absolute atomic E-state index is 0. The number of benzene rings is 1. The van der Waals surface area contributed by atoms with Gasteiger partial charge >= 0.3 is 5.97 Å². The average Bonchev–Trinajstić information content (AvgIpc) is 2.90. The fraction of sp³-hybridized carbons (Fsp3) is 0.533. The Morgan fingerprint density at radius 2 is 2.00 bits per heavy atom. The van der Waals surface area contributed by atoms with Gasteiger partial charge in [-0.25, -0.2) is 0 Å². The van der Waals surface area contributed by atoms with E-state index in [1.807, 2.05) is 18.2 Å².